The molecule has 0 radical (unpaired) electrons. The van der Waals surface area contributed by atoms with E-state index < -0.39 is 12.1 Å². The Labute approximate surface area is 133 Å². The first kappa shape index (κ1) is 15.1. The van der Waals surface area contributed by atoms with Crippen molar-refractivity contribution in [1.29, 1.82) is 0 Å². The van der Waals surface area contributed by atoms with E-state index in [0.29, 0.717) is 11.4 Å². The van der Waals surface area contributed by atoms with E-state index in [9.17, 15) is 9.59 Å². The molecule has 0 bridgehead atoms. The average molecular weight is 314 g/mol. The number of fused-ring (bicyclic) bond motifs is 1. The van der Waals surface area contributed by atoms with Gasteiger partial charge in [0.2, 0.25) is 0 Å². The molecule has 0 unspecified atom stereocenters. The minimum absolute atomic E-state index is 0.140. The molecular weight excluding hydrogens is 296 g/mol. The van der Waals surface area contributed by atoms with Crippen molar-refractivity contribution in [2.45, 2.75) is 19.1 Å². The molecule has 1 aromatic heterocycles. The maximum Gasteiger partial charge on any atom is 0.262 e. The number of carbonyl (C=O) groups is 2. The third-order valence-electron chi connectivity index (χ3n) is 3.86. The highest BCUT2D eigenvalue weighted by Crippen LogP contribution is 2.34. The van der Waals surface area contributed by atoms with E-state index in [-0.39, 0.29) is 18.4 Å². The molecule has 1 aromatic carbocycles. The SMILES string of the molecule is CNC(=O)[C@@H]1CN(C(=O)[C@H](C)n2cccn2)c2ccccc2O1. The van der Waals surface area contributed by atoms with Crippen LogP contribution in [-0.2, 0) is 9.59 Å². The number of aromatic nitrogens is 2. The van der Waals surface area contributed by atoms with Crippen LogP contribution < -0.4 is 15.0 Å². The normalized spacial score (nSPS) is 17.8. The number of para-hydroxylation sites is 2. The molecule has 7 heteroatoms. The molecule has 0 saturated heterocycles. The third kappa shape index (κ3) is 2.77. The Hall–Kier alpha value is -2.83. The molecule has 2 aromatic rings. The summed E-state index contributed by atoms with van der Waals surface area (Å²) < 4.78 is 7.30. The number of anilines is 1. The molecule has 0 spiro atoms. The number of hydrogen-bond acceptors (Lipinski definition) is 4. The molecule has 120 valence electrons. The Morgan fingerprint density at radius 3 is 2.83 bits per heavy atom. The molecule has 3 rings (SSSR count). The van der Waals surface area contributed by atoms with Crippen LogP contribution in [0.3, 0.4) is 0 Å². The van der Waals surface area contributed by atoms with Crippen LogP contribution in [0.1, 0.15) is 13.0 Å². The summed E-state index contributed by atoms with van der Waals surface area (Å²) >= 11 is 0. The summed E-state index contributed by atoms with van der Waals surface area (Å²) in [6.45, 7) is 1.95. The van der Waals surface area contributed by atoms with Gasteiger partial charge >= 0.3 is 0 Å². The number of nitrogens with zero attached hydrogens (tertiary/aromatic N) is 3. The second kappa shape index (κ2) is 6.12. The second-order valence-electron chi connectivity index (χ2n) is 5.30. The van der Waals surface area contributed by atoms with E-state index in [2.05, 4.69) is 10.4 Å². The van der Waals surface area contributed by atoms with Crippen LogP contribution in [0.15, 0.2) is 42.7 Å². The van der Waals surface area contributed by atoms with Crippen molar-refractivity contribution in [1.82, 2.24) is 15.1 Å². The van der Waals surface area contributed by atoms with Gasteiger partial charge in [-0.15, -0.1) is 0 Å². The van der Waals surface area contributed by atoms with Crippen molar-refractivity contribution < 1.29 is 14.3 Å². The molecule has 1 N–H and O–H groups in total. The summed E-state index contributed by atoms with van der Waals surface area (Å²) in [5.74, 6) is 0.121. The summed E-state index contributed by atoms with van der Waals surface area (Å²) in [4.78, 5) is 26.4. The fourth-order valence-electron chi connectivity index (χ4n) is 2.59. The summed E-state index contributed by atoms with van der Waals surface area (Å²) in [6.07, 6.45) is 2.64. The molecule has 23 heavy (non-hydrogen) atoms. The molecule has 2 amide bonds. The van der Waals surface area contributed by atoms with Gasteiger partial charge in [-0.3, -0.25) is 14.3 Å². The van der Waals surface area contributed by atoms with Crippen LogP contribution in [0.25, 0.3) is 0 Å². The van der Waals surface area contributed by atoms with E-state index in [1.165, 1.54) is 0 Å². The van der Waals surface area contributed by atoms with Gasteiger partial charge in [0.25, 0.3) is 11.8 Å². The molecule has 2 atom stereocenters. The van der Waals surface area contributed by atoms with Crippen molar-refractivity contribution in [2.24, 2.45) is 0 Å². The zero-order valence-electron chi connectivity index (χ0n) is 13.0. The zero-order valence-corrected chi connectivity index (χ0v) is 13.0. The summed E-state index contributed by atoms with van der Waals surface area (Å²) in [5.41, 5.74) is 0.664. The van der Waals surface area contributed by atoms with Crippen molar-refractivity contribution in [3.8, 4) is 5.75 Å². The Balaban J connectivity index is 1.93. The summed E-state index contributed by atoms with van der Waals surface area (Å²) in [7, 11) is 1.55. The van der Waals surface area contributed by atoms with Gasteiger partial charge in [0.1, 0.15) is 11.8 Å². The highest BCUT2D eigenvalue weighted by Gasteiger charge is 2.35. The lowest BCUT2D eigenvalue weighted by molar-refractivity contribution is -0.128. The van der Waals surface area contributed by atoms with Gasteiger partial charge in [-0.2, -0.15) is 5.10 Å². The number of likely N-dealkylation sites (N-methyl/N-ethyl adjacent to an activating group) is 1. The van der Waals surface area contributed by atoms with Crippen LogP contribution in [0.4, 0.5) is 5.69 Å². The first-order chi connectivity index (χ1) is 11.1. The monoisotopic (exact) mass is 314 g/mol. The first-order valence-corrected chi connectivity index (χ1v) is 7.39. The maximum atomic E-state index is 12.9. The number of amides is 2. The Morgan fingerprint density at radius 2 is 2.13 bits per heavy atom. The first-order valence-electron chi connectivity index (χ1n) is 7.39. The largest absolute Gasteiger partial charge is 0.477 e. The molecule has 0 fully saturated rings. The molecule has 0 aliphatic carbocycles. The van der Waals surface area contributed by atoms with E-state index in [1.54, 1.807) is 48.1 Å². The molecular formula is C16H18N4O3. The number of ether oxygens (including phenoxy) is 1. The van der Waals surface area contributed by atoms with Crippen LogP contribution >= 0.6 is 0 Å². The van der Waals surface area contributed by atoms with Crippen LogP contribution in [0.2, 0.25) is 0 Å². The van der Waals surface area contributed by atoms with Crippen molar-refractivity contribution in [3.05, 3.63) is 42.7 Å². The number of nitrogens with one attached hydrogen (secondary N) is 1. The standard InChI is InChI=1S/C16H18N4O3/c1-11(20-9-5-8-18-20)16(22)19-10-14(15(21)17-2)23-13-7-4-3-6-12(13)19/h3-9,11,14H,10H2,1-2H3,(H,17,21)/t11-,14-/m0/s1. The van der Waals surface area contributed by atoms with Crippen LogP contribution in [0, 0.1) is 0 Å². The molecule has 1 aliphatic heterocycles. The minimum Gasteiger partial charge on any atom is -0.477 e. The maximum absolute atomic E-state index is 12.9. The van der Waals surface area contributed by atoms with Gasteiger partial charge in [0.05, 0.1) is 12.2 Å². The van der Waals surface area contributed by atoms with Gasteiger partial charge in [-0.25, -0.2) is 0 Å². The van der Waals surface area contributed by atoms with Crippen LogP contribution in [-0.4, -0.2) is 41.3 Å². The Morgan fingerprint density at radius 1 is 1.35 bits per heavy atom. The number of carbonyl (C=O) groups excluding carboxylic acids is 2. The number of benzene rings is 1. The smallest absolute Gasteiger partial charge is 0.262 e. The van der Waals surface area contributed by atoms with Gasteiger partial charge in [0.15, 0.2) is 6.10 Å². The molecule has 0 saturated carbocycles. The minimum atomic E-state index is -0.733. The van der Waals surface area contributed by atoms with E-state index in [0.717, 1.165) is 0 Å². The van der Waals surface area contributed by atoms with Gasteiger partial charge in [-0.1, -0.05) is 12.1 Å². The fraction of sp³-hybridized carbons (Fsp3) is 0.312. The highest BCUT2D eigenvalue weighted by atomic mass is 16.5. The number of rotatable bonds is 3. The van der Waals surface area contributed by atoms with Gasteiger partial charge in [0, 0.05) is 19.4 Å². The van der Waals surface area contributed by atoms with Crippen molar-refractivity contribution in [2.75, 3.05) is 18.5 Å². The van der Waals surface area contributed by atoms with Crippen molar-refractivity contribution >= 4 is 17.5 Å². The van der Waals surface area contributed by atoms with E-state index >= 15 is 0 Å². The van der Waals surface area contributed by atoms with Gasteiger partial charge < -0.3 is 15.0 Å². The number of hydrogen-bond donors (Lipinski definition) is 1. The third-order valence-corrected chi connectivity index (χ3v) is 3.86. The lowest BCUT2D eigenvalue weighted by atomic mass is 10.1. The average Bonchev–Trinajstić information content (AvgIpc) is 3.13. The Kier molecular flexibility index (Phi) is 4.01. The molecule has 1 aliphatic rings. The lowest BCUT2D eigenvalue weighted by Gasteiger charge is -2.35. The fourth-order valence-corrected chi connectivity index (χ4v) is 2.59. The van der Waals surface area contributed by atoms with Gasteiger partial charge in [-0.05, 0) is 25.1 Å². The zero-order chi connectivity index (χ0) is 16.4. The lowest BCUT2D eigenvalue weighted by Crippen LogP contribution is -2.51. The Bertz CT molecular complexity index is 714. The molecule has 2 heterocycles. The quantitative estimate of drug-likeness (QED) is 0.916. The summed E-state index contributed by atoms with van der Waals surface area (Å²) in [6, 6.07) is 8.50. The molecule has 7 nitrogen and oxygen atoms in total. The van der Waals surface area contributed by atoms with Crippen LogP contribution in [0.5, 0.6) is 5.75 Å². The van der Waals surface area contributed by atoms with Crippen molar-refractivity contribution in [3.63, 3.8) is 0 Å². The predicted molar refractivity (Wildman–Crippen MR) is 84.2 cm³/mol. The topological polar surface area (TPSA) is 76.5 Å². The van der Waals surface area contributed by atoms with E-state index in [4.69, 9.17) is 4.74 Å². The summed E-state index contributed by atoms with van der Waals surface area (Å²) in [5, 5.41) is 6.68. The second-order valence-corrected chi connectivity index (χ2v) is 5.30. The van der Waals surface area contributed by atoms with E-state index in [1.807, 2.05) is 18.2 Å². The highest BCUT2D eigenvalue weighted by molar-refractivity contribution is 5.99. The predicted octanol–water partition coefficient (Wildman–Crippen LogP) is 0.984.